The summed E-state index contributed by atoms with van der Waals surface area (Å²) < 4.78 is 3.93. The molecule has 0 aliphatic carbocycles. The Morgan fingerprint density at radius 3 is 2.84 bits per heavy atom. The van der Waals surface area contributed by atoms with Crippen molar-refractivity contribution >= 4 is 11.0 Å². The van der Waals surface area contributed by atoms with Gasteiger partial charge in [-0.15, -0.1) is 0 Å². The Morgan fingerprint density at radius 1 is 1.21 bits per heavy atom. The molecule has 0 unspecified atom stereocenters. The fraction of sp³-hybridized carbons (Fsp3) is 0.357. The standard InChI is InChI=1S/C14H17N5/c1-10(2)7-19-8-11(5-17-19)12-4-13-14(6-15-12)18(3)9-16-13/h4-6,8-10H,7H2,1-3H3. The summed E-state index contributed by atoms with van der Waals surface area (Å²) in [5, 5.41) is 4.37. The Balaban J connectivity index is 1.97. The number of fused-ring (bicyclic) bond motifs is 1. The molecule has 98 valence electrons. The van der Waals surface area contributed by atoms with Crippen LogP contribution in [0.15, 0.2) is 31.0 Å². The topological polar surface area (TPSA) is 48.5 Å². The lowest BCUT2D eigenvalue weighted by Crippen LogP contribution is -2.03. The highest BCUT2D eigenvalue weighted by Gasteiger charge is 2.07. The lowest BCUT2D eigenvalue weighted by Gasteiger charge is -2.03. The molecule has 0 aromatic carbocycles. The van der Waals surface area contributed by atoms with Crippen LogP contribution in [0.25, 0.3) is 22.3 Å². The summed E-state index contributed by atoms with van der Waals surface area (Å²) in [5.74, 6) is 0.582. The van der Waals surface area contributed by atoms with Gasteiger partial charge in [0.15, 0.2) is 0 Å². The van der Waals surface area contributed by atoms with E-state index >= 15 is 0 Å². The van der Waals surface area contributed by atoms with Crippen molar-refractivity contribution in [1.82, 2.24) is 24.3 Å². The summed E-state index contributed by atoms with van der Waals surface area (Å²) in [6.07, 6.45) is 7.56. The van der Waals surface area contributed by atoms with Crippen LogP contribution in [0.5, 0.6) is 0 Å². The molecule has 3 rings (SSSR count). The molecule has 0 aliphatic rings. The molecule has 0 radical (unpaired) electrons. The molecule has 3 heterocycles. The number of rotatable bonds is 3. The number of pyridine rings is 1. The molecular weight excluding hydrogens is 238 g/mol. The van der Waals surface area contributed by atoms with Crippen molar-refractivity contribution in [2.45, 2.75) is 20.4 Å². The summed E-state index contributed by atoms with van der Waals surface area (Å²) in [6, 6.07) is 2.01. The van der Waals surface area contributed by atoms with Crippen LogP contribution in [0.1, 0.15) is 13.8 Å². The zero-order valence-electron chi connectivity index (χ0n) is 11.4. The third-order valence-corrected chi connectivity index (χ3v) is 3.09. The molecule has 0 bridgehead atoms. The van der Waals surface area contributed by atoms with Crippen LogP contribution in [0.4, 0.5) is 0 Å². The van der Waals surface area contributed by atoms with E-state index in [9.17, 15) is 0 Å². The highest BCUT2D eigenvalue weighted by Crippen LogP contribution is 2.20. The van der Waals surface area contributed by atoms with E-state index in [1.807, 2.05) is 41.0 Å². The minimum atomic E-state index is 0.582. The van der Waals surface area contributed by atoms with E-state index in [1.165, 1.54) is 0 Å². The summed E-state index contributed by atoms with van der Waals surface area (Å²) >= 11 is 0. The number of aryl methyl sites for hydroxylation is 1. The predicted octanol–water partition coefficient (Wildman–Crippen LogP) is 2.49. The van der Waals surface area contributed by atoms with Crippen molar-refractivity contribution in [3.8, 4) is 11.3 Å². The molecule has 0 atom stereocenters. The van der Waals surface area contributed by atoms with Crippen LogP contribution in [-0.2, 0) is 13.6 Å². The number of imidazole rings is 1. The largest absolute Gasteiger partial charge is 0.332 e. The Morgan fingerprint density at radius 2 is 2.05 bits per heavy atom. The second-order valence-corrected chi connectivity index (χ2v) is 5.26. The van der Waals surface area contributed by atoms with E-state index in [0.29, 0.717) is 5.92 Å². The van der Waals surface area contributed by atoms with Crippen LogP contribution in [0, 0.1) is 5.92 Å². The Bertz CT molecular complexity index is 708. The lowest BCUT2D eigenvalue weighted by atomic mass is 10.2. The molecule has 3 aromatic heterocycles. The van der Waals surface area contributed by atoms with Gasteiger partial charge < -0.3 is 4.57 Å². The molecule has 0 fully saturated rings. The maximum atomic E-state index is 4.49. The maximum absolute atomic E-state index is 4.49. The van der Waals surface area contributed by atoms with Crippen molar-refractivity contribution in [2.75, 3.05) is 0 Å². The van der Waals surface area contributed by atoms with Gasteiger partial charge in [0.05, 0.1) is 35.4 Å². The molecule has 0 saturated carbocycles. The maximum Gasteiger partial charge on any atom is 0.0956 e. The van der Waals surface area contributed by atoms with Crippen molar-refractivity contribution in [2.24, 2.45) is 13.0 Å². The molecule has 5 nitrogen and oxygen atoms in total. The van der Waals surface area contributed by atoms with Crippen molar-refractivity contribution in [1.29, 1.82) is 0 Å². The lowest BCUT2D eigenvalue weighted by molar-refractivity contribution is 0.483. The molecule has 0 spiro atoms. The quantitative estimate of drug-likeness (QED) is 0.722. The number of aromatic nitrogens is 5. The first-order chi connectivity index (χ1) is 9.13. The highest BCUT2D eigenvalue weighted by atomic mass is 15.3. The monoisotopic (exact) mass is 255 g/mol. The molecule has 0 saturated heterocycles. The van der Waals surface area contributed by atoms with Crippen LogP contribution in [0.3, 0.4) is 0 Å². The molecule has 0 N–H and O–H groups in total. The normalized spacial score (nSPS) is 11.6. The molecule has 3 aromatic rings. The minimum Gasteiger partial charge on any atom is -0.332 e. The smallest absolute Gasteiger partial charge is 0.0956 e. The first kappa shape index (κ1) is 11.9. The number of hydrogen-bond acceptors (Lipinski definition) is 3. The molecular formula is C14H17N5. The highest BCUT2D eigenvalue weighted by molar-refractivity contribution is 5.78. The van der Waals surface area contributed by atoms with Gasteiger partial charge in [-0.3, -0.25) is 9.67 Å². The predicted molar refractivity (Wildman–Crippen MR) is 74.6 cm³/mol. The zero-order chi connectivity index (χ0) is 13.4. The molecule has 0 aliphatic heterocycles. The van der Waals surface area contributed by atoms with Crippen LogP contribution in [0.2, 0.25) is 0 Å². The van der Waals surface area contributed by atoms with Gasteiger partial charge in [0.1, 0.15) is 0 Å². The average Bonchev–Trinajstić information content (AvgIpc) is 2.96. The Kier molecular flexibility index (Phi) is 2.81. The van der Waals surface area contributed by atoms with Crippen molar-refractivity contribution in [3.63, 3.8) is 0 Å². The first-order valence-corrected chi connectivity index (χ1v) is 6.43. The fourth-order valence-electron chi connectivity index (χ4n) is 2.15. The van der Waals surface area contributed by atoms with Gasteiger partial charge >= 0.3 is 0 Å². The SMILES string of the molecule is CC(C)Cn1cc(-c2cc3ncn(C)c3cn2)cn1. The van der Waals surface area contributed by atoms with Gasteiger partial charge in [-0.25, -0.2) is 4.98 Å². The van der Waals surface area contributed by atoms with Crippen LogP contribution < -0.4 is 0 Å². The van der Waals surface area contributed by atoms with E-state index in [0.717, 1.165) is 28.8 Å². The van der Waals surface area contributed by atoms with E-state index < -0.39 is 0 Å². The van der Waals surface area contributed by atoms with Crippen molar-refractivity contribution < 1.29 is 0 Å². The van der Waals surface area contributed by atoms with Gasteiger partial charge in [-0.1, -0.05) is 13.8 Å². The van der Waals surface area contributed by atoms with E-state index in [1.54, 1.807) is 6.33 Å². The van der Waals surface area contributed by atoms with Gasteiger partial charge in [-0.2, -0.15) is 5.10 Å². The van der Waals surface area contributed by atoms with E-state index in [-0.39, 0.29) is 0 Å². The molecule has 0 amide bonds. The Labute approximate surface area is 111 Å². The zero-order valence-corrected chi connectivity index (χ0v) is 11.4. The van der Waals surface area contributed by atoms with Gasteiger partial charge in [0, 0.05) is 25.4 Å². The second-order valence-electron chi connectivity index (χ2n) is 5.26. The number of nitrogens with zero attached hydrogens (tertiary/aromatic N) is 5. The van der Waals surface area contributed by atoms with Crippen molar-refractivity contribution in [3.05, 3.63) is 31.0 Å². The third-order valence-electron chi connectivity index (χ3n) is 3.09. The van der Waals surface area contributed by atoms with Crippen LogP contribution in [-0.4, -0.2) is 24.3 Å². The Hall–Kier alpha value is -2.17. The summed E-state index contributed by atoms with van der Waals surface area (Å²) in [6.45, 7) is 5.28. The van der Waals surface area contributed by atoms with Crippen LogP contribution >= 0.6 is 0 Å². The number of hydrogen-bond donors (Lipinski definition) is 0. The van der Waals surface area contributed by atoms with Gasteiger partial charge in [0.25, 0.3) is 0 Å². The minimum absolute atomic E-state index is 0.582. The fourth-order valence-corrected chi connectivity index (χ4v) is 2.15. The third kappa shape index (κ3) is 2.23. The average molecular weight is 255 g/mol. The first-order valence-electron chi connectivity index (χ1n) is 6.43. The van der Waals surface area contributed by atoms with Gasteiger partial charge in [0.2, 0.25) is 0 Å². The summed E-state index contributed by atoms with van der Waals surface area (Å²) in [5.41, 5.74) is 3.96. The molecule has 5 heteroatoms. The molecule has 19 heavy (non-hydrogen) atoms. The van der Waals surface area contributed by atoms with Gasteiger partial charge in [-0.05, 0) is 12.0 Å². The second kappa shape index (κ2) is 4.50. The van der Waals surface area contributed by atoms with E-state index in [4.69, 9.17) is 0 Å². The van der Waals surface area contributed by atoms with E-state index in [2.05, 4.69) is 28.9 Å². The summed E-state index contributed by atoms with van der Waals surface area (Å²) in [4.78, 5) is 8.84. The summed E-state index contributed by atoms with van der Waals surface area (Å²) in [7, 11) is 1.97.